The van der Waals surface area contributed by atoms with Crippen molar-refractivity contribution in [3.05, 3.63) is 108 Å². The van der Waals surface area contributed by atoms with Crippen LogP contribution in [0.3, 0.4) is 0 Å². The molecular formula is C23H20O2. The van der Waals surface area contributed by atoms with Crippen molar-refractivity contribution in [3.8, 4) is 0 Å². The van der Waals surface area contributed by atoms with Crippen LogP contribution in [0.25, 0.3) is 11.1 Å². The molecule has 0 saturated carbocycles. The standard InChI is InChI=1S/C23H20O2/c1-2-25-23(24)22(20-16-10-5-11-17-20)21(18-12-6-3-7-13-18)19-14-8-4-9-15-19/h3-17H,2H2,1H3. The van der Waals surface area contributed by atoms with Crippen LogP contribution in [0.15, 0.2) is 91.0 Å². The lowest BCUT2D eigenvalue weighted by atomic mass is 9.89. The maximum absolute atomic E-state index is 12.9. The first kappa shape index (κ1) is 16.7. The highest BCUT2D eigenvalue weighted by atomic mass is 16.5. The highest BCUT2D eigenvalue weighted by Crippen LogP contribution is 2.33. The molecule has 0 amide bonds. The zero-order chi connectivity index (χ0) is 17.5. The highest BCUT2D eigenvalue weighted by molar-refractivity contribution is 6.26. The Bertz CT molecular complexity index is 809. The van der Waals surface area contributed by atoms with Crippen LogP contribution in [0, 0.1) is 0 Å². The summed E-state index contributed by atoms with van der Waals surface area (Å²) in [6.07, 6.45) is 0. The Labute approximate surface area is 148 Å². The van der Waals surface area contributed by atoms with Gasteiger partial charge in [-0.25, -0.2) is 4.79 Å². The second-order valence-corrected chi connectivity index (χ2v) is 5.57. The molecule has 2 nitrogen and oxygen atoms in total. The van der Waals surface area contributed by atoms with Crippen LogP contribution in [0.1, 0.15) is 23.6 Å². The molecule has 0 spiro atoms. The van der Waals surface area contributed by atoms with E-state index in [2.05, 4.69) is 0 Å². The number of rotatable bonds is 5. The molecule has 0 unspecified atom stereocenters. The molecule has 0 atom stereocenters. The van der Waals surface area contributed by atoms with Gasteiger partial charge in [0.15, 0.2) is 0 Å². The molecular weight excluding hydrogens is 308 g/mol. The van der Waals surface area contributed by atoms with Crippen LogP contribution in [0.4, 0.5) is 0 Å². The normalized spacial score (nSPS) is 10.1. The van der Waals surface area contributed by atoms with Gasteiger partial charge in [-0.2, -0.15) is 0 Å². The van der Waals surface area contributed by atoms with Crippen LogP contribution in [0.5, 0.6) is 0 Å². The summed E-state index contributed by atoms with van der Waals surface area (Å²) in [5, 5.41) is 0. The van der Waals surface area contributed by atoms with Gasteiger partial charge in [0.1, 0.15) is 0 Å². The summed E-state index contributed by atoms with van der Waals surface area (Å²) in [5.41, 5.74) is 4.29. The van der Waals surface area contributed by atoms with E-state index in [0.29, 0.717) is 12.2 Å². The molecule has 0 aliphatic carbocycles. The van der Waals surface area contributed by atoms with Gasteiger partial charge in [0.25, 0.3) is 0 Å². The summed E-state index contributed by atoms with van der Waals surface area (Å²) >= 11 is 0. The molecule has 3 aromatic carbocycles. The quantitative estimate of drug-likeness (QED) is 0.365. The maximum atomic E-state index is 12.9. The highest BCUT2D eigenvalue weighted by Gasteiger charge is 2.21. The van der Waals surface area contributed by atoms with Crippen molar-refractivity contribution < 1.29 is 9.53 Å². The van der Waals surface area contributed by atoms with E-state index in [1.54, 1.807) is 0 Å². The van der Waals surface area contributed by atoms with E-state index < -0.39 is 0 Å². The fourth-order valence-corrected chi connectivity index (χ4v) is 2.84. The van der Waals surface area contributed by atoms with Crippen molar-refractivity contribution >= 4 is 17.1 Å². The molecule has 124 valence electrons. The van der Waals surface area contributed by atoms with Gasteiger partial charge in [-0.05, 0) is 23.6 Å². The average molecular weight is 328 g/mol. The first-order valence-corrected chi connectivity index (χ1v) is 8.39. The van der Waals surface area contributed by atoms with E-state index in [0.717, 1.165) is 22.3 Å². The first-order chi connectivity index (χ1) is 12.3. The third kappa shape index (κ3) is 3.86. The van der Waals surface area contributed by atoms with E-state index in [4.69, 9.17) is 4.74 Å². The van der Waals surface area contributed by atoms with Crippen LogP contribution < -0.4 is 0 Å². The molecule has 0 radical (unpaired) electrons. The molecule has 0 aliphatic rings. The van der Waals surface area contributed by atoms with E-state index in [-0.39, 0.29) is 5.97 Å². The molecule has 0 saturated heterocycles. The maximum Gasteiger partial charge on any atom is 0.339 e. The summed E-state index contributed by atoms with van der Waals surface area (Å²) in [5.74, 6) is -0.309. The largest absolute Gasteiger partial charge is 0.462 e. The summed E-state index contributed by atoms with van der Waals surface area (Å²) in [4.78, 5) is 12.9. The molecule has 0 aliphatic heterocycles. The van der Waals surface area contributed by atoms with Gasteiger partial charge in [0.05, 0.1) is 12.2 Å². The second kappa shape index (κ2) is 8.11. The van der Waals surface area contributed by atoms with Gasteiger partial charge >= 0.3 is 5.97 Å². The van der Waals surface area contributed by atoms with Gasteiger partial charge in [0, 0.05) is 5.57 Å². The lowest BCUT2D eigenvalue weighted by Crippen LogP contribution is -2.10. The van der Waals surface area contributed by atoms with Crippen LogP contribution >= 0.6 is 0 Å². The molecule has 3 aromatic rings. The van der Waals surface area contributed by atoms with Crippen molar-refractivity contribution in [1.29, 1.82) is 0 Å². The van der Waals surface area contributed by atoms with Crippen molar-refractivity contribution in [2.24, 2.45) is 0 Å². The van der Waals surface area contributed by atoms with Crippen molar-refractivity contribution in [3.63, 3.8) is 0 Å². The zero-order valence-corrected chi connectivity index (χ0v) is 14.2. The Kier molecular flexibility index (Phi) is 5.43. The first-order valence-electron chi connectivity index (χ1n) is 8.39. The fraction of sp³-hybridized carbons (Fsp3) is 0.0870. The number of esters is 1. The van der Waals surface area contributed by atoms with Gasteiger partial charge in [-0.1, -0.05) is 91.0 Å². The molecule has 3 rings (SSSR count). The monoisotopic (exact) mass is 328 g/mol. The van der Waals surface area contributed by atoms with Crippen molar-refractivity contribution in [2.45, 2.75) is 6.92 Å². The number of hydrogen-bond donors (Lipinski definition) is 0. The minimum atomic E-state index is -0.309. The third-order valence-corrected chi connectivity index (χ3v) is 3.92. The minimum absolute atomic E-state index is 0.309. The number of hydrogen-bond acceptors (Lipinski definition) is 2. The third-order valence-electron chi connectivity index (χ3n) is 3.92. The molecule has 0 heterocycles. The van der Waals surface area contributed by atoms with Crippen LogP contribution in [-0.2, 0) is 9.53 Å². The number of ether oxygens (including phenoxy) is 1. The fourth-order valence-electron chi connectivity index (χ4n) is 2.84. The predicted molar refractivity (Wildman–Crippen MR) is 102 cm³/mol. The molecule has 25 heavy (non-hydrogen) atoms. The van der Waals surface area contributed by atoms with Gasteiger partial charge in [0.2, 0.25) is 0 Å². The topological polar surface area (TPSA) is 26.3 Å². The zero-order valence-electron chi connectivity index (χ0n) is 14.2. The summed E-state index contributed by atoms with van der Waals surface area (Å²) in [6.45, 7) is 2.16. The Morgan fingerprint density at radius 2 is 1.08 bits per heavy atom. The van der Waals surface area contributed by atoms with E-state index >= 15 is 0 Å². The van der Waals surface area contributed by atoms with Gasteiger partial charge in [-0.3, -0.25) is 0 Å². The summed E-state index contributed by atoms with van der Waals surface area (Å²) in [7, 11) is 0. The number of carbonyl (C=O) groups is 1. The van der Waals surface area contributed by atoms with Gasteiger partial charge < -0.3 is 4.74 Å². The lowest BCUT2D eigenvalue weighted by Gasteiger charge is -2.16. The van der Waals surface area contributed by atoms with E-state index in [1.807, 2.05) is 97.9 Å². The molecule has 0 N–H and O–H groups in total. The Morgan fingerprint density at radius 1 is 0.680 bits per heavy atom. The molecule has 0 aromatic heterocycles. The van der Waals surface area contributed by atoms with E-state index in [1.165, 1.54) is 0 Å². The molecule has 0 fully saturated rings. The predicted octanol–water partition coefficient (Wildman–Crippen LogP) is 5.21. The van der Waals surface area contributed by atoms with Crippen molar-refractivity contribution in [2.75, 3.05) is 6.61 Å². The lowest BCUT2D eigenvalue weighted by molar-refractivity contribution is -0.136. The van der Waals surface area contributed by atoms with Crippen LogP contribution in [0.2, 0.25) is 0 Å². The second-order valence-electron chi connectivity index (χ2n) is 5.57. The number of carbonyl (C=O) groups excluding carboxylic acids is 1. The van der Waals surface area contributed by atoms with Crippen molar-refractivity contribution in [1.82, 2.24) is 0 Å². The van der Waals surface area contributed by atoms with Gasteiger partial charge in [-0.15, -0.1) is 0 Å². The SMILES string of the molecule is CCOC(=O)C(=C(c1ccccc1)c1ccccc1)c1ccccc1. The van der Waals surface area contributed by atoms with Crippen LogP contribution in [-0.4, -0.2) is 12.6 Å². The van der Waals surface area contributed by atoms with E-state index in [9.17, 15) is 4.79 Å². The minimum Gasteiger partial charge on any atom is -0.462 e. The number of benzene rings is 3. The average Bonchev–Trinajstić information content (AvgIpc) is 2.68. The Balaban J connectivity index is 2.32. The molecule has 0 bridgehead atoms. The summed E-state index contributed by atoms with van der Waals surface area (Å²) < 4.78 is 5.39. The Hall–Kier alpha value is -3.13. The smallest absolute Gasteiger partial charge is 0.339 e. The Morgan fingerprint density at radius 3 is 1.48 bits per heavy atom. The molecule has 2 heteroatoms. The summed E-state index contributed by atoms with van der Waals surface area (Å²) in [6, 6.07) is 29.6.